The molecule has 0 aliphatic heterocycles. The van der Waals surface area contributed by atoms with Gasteiger partial charge in [0.25, 0.3) is 0 Å². The van der Waals surface area contributed by atoms with Crippen LogP contribution in [0.15, 0.2) is 41.9 Å². The Labute approximate surface area is 200 Å². The standard InChI is InChI=1S/C24H26N4O7/c1-27(2)18-12-9-10-8-11-13(28-7-3-6-26-28)4-5-14(29)16(11)19(30)15(10)21(32)24(12,35)22(33)17(20(18)31)23(25)34/h3-7,10,12,17-18,20,29,31-32,35H,8-9H2,1-2H3,(H2,25,34)/t10-,12-,17?,18-,20?,24-/m0/s1. The molecule has 1 saturated carbocycles. The van der Waals surface area contributed by atoms with Crippen LogP contribution in [-0.2, 0) is 16.0 Å². The highest BCUT2D eigenvalue weighted by atomic mass is 16.3. The van der Waals surface area contributed by atoms with Crippen molar-refractivity contribution in [2.45, 2.75) is 30.6 Å². The number of hydrogen-bond acceptors (Lipinski definition) is 9. The number of nitrogens with two attached hydrogens (primary N) is 1. The Morgan fingerprint density at radius 2 is 1.97 bits per heavy atom. The van der Waals surface area contributed by atoms with E-state index in [2.05, 4.69) is 5.10 Å². The molecular formula is C24H26N4O7. The van der Waals surface area contributed by atoms with Crippen LogP contribution in [0.2, 0.25) is 0 Å². The average Bonchev–Trinajstić information content (AvgIpc) is 3.30. The van der Waals surface area contributed by atoms with E-state index in [1.54, 1.807) is 48.2 Å². The molecule has 1 aromatic heterocycles. The number of carbonyl (C=O) groups is 3. The second kappa shape index (κ2) is 7.74. The van der Waals surface area contributed by atoms with Crippen molar-refractivity contribution in [2.75, 3.05) is 14.1 Å². The second-order valence-corrected chi connectivity index (χ2v) is 9.70. The summed E-state index contributed by atoms with van der Waals surface area (Å²) in [6.07, 6.45) is 2.03. The van der Waals surface area contributed by atoms with E-state index < -0.39 is 58.7 Å². The molecule has 3 aliphatic rings. The Bertz CT molecular complexity index is 1290. The van der Waals surface area contributed by atoms with Crippen molar-refractivity contribution in [3.8, 4) is 11.4 Å². The fourth-order valence-corrected chi connectivity index (χ4v) is 6.22. The summed E-state index contributed by atoms with van der Waals surface area (Å²) in [5.41, 5.74) is 3.66. The van der Waals surface area contributed by atoms with E-state index in [0.717, 1.165) is 0 Å². The SMILES string of the molecule is CN(C)[C@@H]1C(O)C(C(N)=O)C(=O)[C@@]2(O)C(O)=C3C(=O)c4c(O)ccc(-n5cccn5)c4C[C@H]3C[C@@H]12. The number of hydrogen-bond donors (Lipinski definition) is 5. The first-order valence-corrected chi connectivity index (χ1v) is 11.2. The van der Waals surface area contributed by atoms with Crippen molar-refractivity contribution >= 4 is 17.5 Å². The van der Waals surface area contributed by atoms with Gasteiger partial charge in [0, 0.05) is 29.9 Å². The fraction of sp³-hybridized carbons (Fsp3) is 0.417. The Morgan fingerprint density at radius 3 is 2.57 bits per heavy atom. The number of likely N-dealkylation sites (N-methyl/N-ethyl adjacent to an activating group) is 1. The van der Waals surface area contributed by atoms with E-state index in [1.165, 1.54) is 6.07 Å². The van der Waals surface area contributed by atoms with Crippen molar-refractivity contribution in [1.82, 2.24) is 14.7 Å². The van der Waals surface area contributed by atoms with Gasteiger partial charge in [0.15, 0.2) is 17.2 Å². The van der Waals surface area contributed by atoms with Gasteiger partial charge in [-0.3, -0.25) is 14.4 Å². The van der Waals surface area contributed by atoms with Crippen molar-refractivity contribution < 1.29 is 34.8 Å². The Hall–Kier alpha value is -3.54. The van der Waals surface area contributed by atoms with Crippen LogP contribution < -0.4 is 5.73 Å². The third-order valence-electron chi connectivity index (χ3n) is 7.70. The Kier molecular flexibility index (Phi) is 5.13. The number of carbonyl (C=O) groups excluding carboxylic acids is 3. The summed E-state index contributed by atoms with van der Waals surface area (Å²) in [6.45, 7) is 0. The largest absolute Gasteiger partial charge is 0.508 e. The van der Waals surface area contributed by atoms with E-state index in [1.807, 2.05) is 0 Å². The molecule has 6 N–H and O–H groups in total. The third kappa shape index (κ3) is 3.01. The van der Waals surface area contributed by atoms with Crippen molar-refractivity contribution in [1.29, 1.82) is 0 Å². The summed E-state index contributed by atoms with van der Waals surface area (Å²) >= 11 is 0. The summed E-state index contributed by atoms with van der Waals surface area (Å²) in [6, 6.07) is 3.79. The lowest BCUT2D eigenvalue weighted by molar-refractivity contribution is -0.178. The normalized spacial score (nSPS) is 32.3. The molecule has 0 radical (unpaired) electrons. The predicted molar refractivity (Wildman–Crippen MR) is 121 cm³/mol. The topological polar surface area (TPSA) is 179 Å². The number of aliphatic hydroxyl groups excluding tert-OH is 2. The smallest absolute Gasteiger partial charge is 0.230 e. The molecule has 35 heavy (non-hydrogen) atoms. The van der Waals surface area contributed by atoms with Crippen LogP contribution in [0, 0.1) is 17.8 Å². The lowest BCUT2D eigenvalue weighted by atomic mass is 9.56. The summed E-state index contributed by atoms with van der Waals surface area (Å²) in [5, 5.41) is 48.6. The molecule has 0 bridgehead atoms. The van der Waals surface area contributed by atoms with Crippen LogP contribution >= 0.6 is 0 Å². The lowest BCUT2D eigenvalue weighted by Gasteiger charge is -2.53. The number of amides is 1. The summed E-state index contributed by atoms with van der Waals surface area (Å²) in [7, 11) is 3.24. The van der Waals surface area contributed by atoms with E-state index in [0.29, 0.717) is 11.3 Å². The van der Waals surface area contributed by atoms with E-state index in [-0.39, 0.29) is 29.7 Å². The molecule has 5 rings (SSSR count). The number of phenols is 1. The van der Waals surface area contributed by atoms with Crippen molar-refractivity contribution in [2.24, 2.45) is 23.5 Å². The molecule has 1 fully saturated rings. The highest BCUT2D eigenvalue weighted by Gasteiger charge is 2.66. The number of Topliss-reactive ketones (excluding diaryl/α,β-unsaturated/α-hetero) is 2. The van der Waals surface area contributed by atoms with Crippen LogP contribution in [-0.4, -0.2) is 84.4 Å². The van der Waals surface area contributed by atoms with E-state index in [9.17, 15) is 34.8 Å². The van der Waals surface area contributed by atoms with E-state index in [4.69, 9.17) is 5.73 Å². The fourth-order valence-electron chi connectivity index (χ4n) is 6.22. The van der Waals surface area contributed by atoms with Gasteiger partial charge < -0.3 is 31.1 Å². The quantitative estimate of drug-likeness (QED) is 0.360. The molecule has 6 atom stereocenters. The molecule has 11 nitrogen and oxygen atoms in total. The van der Waals surface area contributed by atoms with Crippen LogP contribution in [0.4, 0.5) is 0 Å². The number of aromatic hydroxyl groups is 1. The maximum absolute atomic E-state index is 13.6. The summed E-state index contributed by atoms with van der Waals surface area (Å²) in [5.74, 6) is -7.57. The first-order chi connectivity index (χ1) is 16.5. The highest BCUT2D eigenvalue weighted by molar-refractivity contribution is 6.15. The number of primary amides is 1. The zero-order valence-electron chi connectivity index (χ0n) is 19.1. The predicted octanol–water partition coefficient (Wildman–Crippen LogP) is -0.529. The molecular weight excluding hydrogens is 456 g/mol. The maximum Gasteiger partial charge on any atom is 0.230 e. The molecule has 0 spiro atoms. The first-order valence-electron chi connectivity index (χ1n) is 11.2. The van der Waals surface area contributed by atoms with Gasteiger partial charge in [0.1, 0.15) is 17.4 Å². The number of phenolic OH excluding ortho intramolecular Hbond substituents is 1. The Morgan fingerprint density at radius 1 is 1.26 bits per heavy atom. The second-order valence-electron chi connectivity index (χ2n) is 9.70. The first kappa shape index (κ1) is 23.2. The van der Waals surface area contributed by atoms with Gasteiger partial charge in [-0.15, -0.1) is 0 Å². The van der Waals surface area contributed by atoms with Gasteiger partial charge >= 0.3 is 0 Å². The number of aliphatic hydroxyl groups is 3. The molecule has 1 aromatic carbocycles. The van der Waals surface area contributed by atoms with Crippen LogP contribution in [0.5, 0.6) is 5.75 Å². The number of allylic oxidation sites excluding steroid dienone is 1. The van der Waals surface area contributed by atoms with Gasteiger partial charge in [-0.25, -0.2) is 4.68 Å². The molecule has 2 unspecified atom stereocenters. The van der Waals surface area contributed by atoms with Gasteiger partial charge in [-0.2, -0.15) is 5.10 Å². The summed E-state index contributed by atoms with van der Waals surface area (Å²) < 4.78 is 1.56. The zero-order chi connectivity index (χ0) is 25.4. The van der Waals surface area contributed by atoms with Gasteiger partial charge in [-0.1, -0.05) is 0 Å². The Balaban J connectivity index is 1.72. The molecule has 1 heterocycles. The molecule has 1 amide bonds. The number of fused-ring (bicyclic) bond motifs is 3. The number of ketones is 2. The highest BCUT2D eigenvalue weighted by Crippen LogP contribution is 2.52. The lowest BCUT2D eigenvalue weighted by Crippen LogP contribution is -2.71. The van der Waals surface area contributed by atoms with Gasteiger partial charge in [-0.05, 0) is 56.6 Å². The van der Waals surface area contributed by atoms with E-state index >= 15 is 0 Å². The van der Waals surface area contributed by atoms with Crippen molar-refractivity contribution in [3.05, 3.63) is 53.1 Å². The zero-order valence-corrected chi connectivity index (χ0v) is 19.1. The molecule has 3 aliphatic carbocycles. The number of benzene rings is 1. The van der Waals surface area contributed by atoms with Gasteiger partial charge in [0.2, 0.25) is 5.91 Å². The average molecular weight is 482 g/mol. The molecule has 2 aromatic rings. The van der Waals surface area contributed by atoms with Gasteiger partial charge in [0.05, 0.1) is 17.4 Å². The summed E-state index contributed by atoms with van der Waals surface area (Å²) in [4.78, 5) is 40.6. The maximum atomic E-state index is 13.6. The molecule has 184 valence electrons. The van der Waals surface area contributed by atoms with Crippen LogP contribution in [0.3, 0.4) is 0 Å². The van der Waals surface area contributed by atoms with Crippen LogP contribution in [0.1, 0.15) is 22.3 Å². The third-order valence-corrected chi connectivity index (χ3v) is 7.70. The van der Waals surface area contributed by atoms with Crippen molar-refractivity contribution in [3.63, 3.8) is 0 Å². The number of rotatable bonds is 3. The van der Waals surface area contributed by atoms with Crippen LogP contribution in [0.25, 0.3) is 5.69 Å². The number of aromatic nitrogens is 2. The minimum absolute atomic E-state index is 0.0447. The monoisotopic (exact) mass is 482 g/mol. The molecule has 0 saturated heterocycles. The molecule has 11 heteroatoms. The minimum Gasteiger partial charge on any atom is -0.508 e. The minimum atomic E-state index is -2.60. The number of nitrogens with zero attached hydrogens (tertiary/aromatic N) is 3.